The summed E-state index contributed by atoms with van der Waals surface area (Å²) in [6.45, 7) is 0.490. The van der Waals surface area contributed by atoms with Crippen molar-refractivity contribution in [1.82, 2.24) is 20.8 Å². The molecule has 2 N–H and O–H groups in total. The molecule has 7 heteroatoms. The third kappa shape index (κ3) is 3.91. The lowest BCUT2D eigenvalue weighted by Gasteiger charge is -2.24. The van der Waals surface area contributed by atoms with E-state index in [9.17, 15) is 4.79 Å². The van der Waals surface area contributed by atoms with Crippen LogP contribution >= 0.6 is 11.6 Å². The minimum Gasteiger partial charge on any atom is -0.354 e. The number of nitrogens with zero attached hydrogens (tertiary/aromatic N) is 2. The smallest absolute Gasteiger partial charge is 0.237 e. The molecule has 1 aliphatic heterocycles. The fourth-order valence-corrected chi connectivity index (χ4v) is 4.23. The van der Waals surface area contributed by atoms with Crippen LogP contribution in [0.2, 0.25) is 5.02 Å². The van der Waals surface area contributed by atoms with E-state index in [-0.39, 0.29) is 11.9 Å². The Hall–Kier alpha value is -1.92. The first-order valence-electron chi connectivity index (χ1n) is 9.31. The molecule has 2 aromatic rings. The van der Waals surface area contributed by atoms with Crippen molar-refractivity contribution in [1.29, 1.82) is 0 Å². The van der Waals surface area contributed by atoms with Gasteiger partial charge in [-0.15, -0.1) is 0 Å². The Morgan fingerprint density at radius 1 is 1.35 bits per heavy atom. The van der Waals surface area contributed by atoms with Crippen molar-refractivity contribution in [2.45, 2.75) is 50.6 Å². The molecule has 0 bridgehead atoms. The van der Waals surface area contributed by atoms with E-state index in [0.29, 0.717) is 41.7 Å². The molecular weight excluding hydrogens is 352 g/mol. The zero-order valence-corrected chi connectivity index (χ0v) is 15.3. The Morgan fingerprint density at radius 3 is 3.08 bits per heavy atom. The van der Waals surface area contributed by atoms with Crippen molar-refractivity contribution < 1.29 is 9.32 Å². The molecule has 1 saturated heterocycles. The zero-order chi connectivity index (χ0) is 17.9. The van der Waals surface area contributed by atoms with Gasteiger partial charge < -0.3 is 15.2 Å². The maximum Gasteiger partial charge on any atom is 0.237 e. The Labute approximate surface area is 157 Å². The molecule has 6 nitrogen and oxygen atoms in total. The molecule has 3 atom stereocenters. The van der Waals surface area contributed by atoms with Gasteiger partial charge in [0.15, 0.2) is 0 Å². The van der Waals surface area contributed by atoms with Crippen LogP contribution in [0.25, 0.3) is 11.4 Å². The van der Waals surface area contributed by atoms with E-state index in [2.05, 4.69) is 20.8 Å². The van der Waals surface area contributed by atoms with Crippen LogP contribution in [0, 0.1) is 5.92 Å². The molecule has 1 saturated carbocycles. The lowest BCUT2D eigenvalue weighted by molar-refractivity contribution is -0.122. The highest BCUT2D eigenvalue weighted by Gasteiger charge is 2.37. The number of halogens is 1. The Bertz CT molecular complexity index is 764. The summed E-state index contributed by atoms with van der Waals surface area (Å²) in [4.78, 5) is 16.8. The van der Waals surface area contributed by atoms with Gasteiger partial charge in [0.25, 0.3) is 0 Å². The van der Waals surface area contributed by atoms with Crippen molar-refractivity contribution in [3.8, 4) is 11.4 Å². The highest BCUT2D eigenvalue weighted by molar-refractivity contribution is 6.30. The van der Waals surface area contributed by atoms with Gasteiger partial charge in [0.05, 0.1) is 6.04 Å². The first kappa shape index (κ1) is 17.5. The second kappa shape index (κ2) is 7.76. The summed E-state index contributed by atoms with van der Waals surface area (Å²) in [6, 6.07) is 7.79. The molecule has 1 amide bonds. The van der Waals surface area contributed by atoms with Crippen LogP contribution in [0.5, 0.6) is 0 Å². The lowest BCUT2D eigenvalue weighted by atomic mass is 9.85. The third-order valence-corrected chi connectivity index (χ3v) is 5.60. The average Bonchev–Trinajstić information content (AvgIpc) is 3.28. The summed E-state index contributed by atoms with van der Waals surface area (Å²) in [6.07, 6.45) is 6.48. The van der Waals surface area contributed by atoms with Gasteiger partial charge in [0.1, 0.15) is 0 Å². The third-order valence-electron chi connectivity index (χ3n) is 5.37. The molecule has 0 spiro atoms. The first-order valence-corrected chi connectivity index (χ1v) is 9.69. The predicted molar refractivity (Wildman–Crippen MR) is 98.7 cm³/mol. The largest absolute Gasteiger partial charge is 0.354 e. The molecule has 2 heterocycles. The van der Waals surface area contributed by atoms with E-state index >= 15 is 0 Å². The van der Waals surface area contributed by atoms with Crippen LogP contribution in [0.15, 0.2) is 28.8 Å². The Balaban J connectivity index is 1.27. The molecule has 3 unspecified atom stereocenters. The topological polar surface area (TPSA) is 80.1 Å². The van der Waals surface area contributed by atoms with Crippen LogP contribution in [-0.4, -0.2) is 34.7 Å². The molecular formula is C19H23ClN4O2. The van der Waals surface area contributed by atoms with Gasteiger partial charge in [0.2, 0.25) is 17.6 Å². The predicted octanol–water partition coefficient (Wildman–Crippen LogP) is 2.97. The maximum absolute atomic E-state index is 12.4. The van der Waals surface area contributed by atoms with Crippen LogP contribution in [0.4, 0.5) is 0 Å². The summed E-state index contributed by atoms with van der Waals surface area (Å²) < 4.78 is 5.27. The number of fused-ring (bicyclic) bond motifs is 1. The van der Waals surface area contributed by atoms with E-state index in [4.69, 9.17) is 16.1 Å². The highest BCUT2D eigenvalue weighted by atomic mass is 35.5. The van der Waals surface area contributed by atoms with E-state index < -0.39 is 0 Å². The van der Waals surface area contributed by atoms with Crippen molar-refractivity contribution in [2.75, 3.05) is 6.54 Å². The Morgan fingerprint density at radius 2 is 2.23 bits per heavy atom. The number of benzene rings is 1. The number of hydrogen-bond acceptors (Lipinski definition) is 5. The summed E-state index contributed by atoms with van der Waals surface area (Å²) >= 11 is 5.99. The van der Waals surface area contributed by atoms with Gasteiger partial charge in [0, 0.05) is 29.6 Å². The van der Waals surface area contributed by atoms with Gasteiger partial charge in [-0.05, 0) is 37.3 Å². The highest BCUT2D eigenvalue weighted by Crippen LogP contribution is 2.33. The van der Waals surface area contributed by atoms with Crippen molar-refractivity contribution in [3.05, 3.63) is 35.2 Å². The molecule has 1 aromatic heterocycles. The Kier molecular flexibility index (Phi) is 5.22. The van der Waals surface area contributed by atoms with Gasteiger partial charge in [-0.2, -0.15) is 4.98 Å². The number of carbonyl (C=O) groups excluding carboxylic acids is 1. The van der Waals surface area contributed by atoms with Gasteiger partial charge in [-0.3, -0.25) is 4.79 Å². The zero-order valence-electron chi connectivity index (χ0n) is 14.6. The van der Waals surface area contributed by atoms with E-state index in [0.717, 1.165) is 12.0 Å². The van der Waals surface area contributed by atoms with Crippen LogP contribution in [-0.2, 0) is 11.2 Å². The maximum atomic E-state index is 12.4. The number of amides is 1. The number of rotatable bonds is 5. The summed E-state index contributed by atoms with van der Waals surface area (Å²) in [5.74, 6) is 1.76. The molecule has 138 valence electrons. The fraction of sp³-hybridized carbons (Fsp3) is 0.526. The van der Waals surface area contributed by atoms with Gasteiger partial charge in [-0.25, -0.2) is 0 Å². The number of aromatic nitrogens is 2. The van der Waals surface area contributed by atoms with Crippen molar-refractivity contribution in [3.63, 3.8) is 0 Å². The van der Waals surface area contributed by atoms with Gasteiger partial charge >= 0.3 is 0 Å². The van der Waals surface area contributed by atoms with E-state index in [1.807, 2.05) is 12.1 Å². The van der Waals surface area contributed by atoms with Crippen molar-refractivity contribution >= 4 is 17.5 Å². The summed E-state index contributed by atoms with van der Waals surface area (Å²) in [7, 11) is 0. The quantitative estimate of drug-likeness (QED) is 0.841. The molecule has 1 aromatic carbocycles. The van der Waals surface area contributed by atoms with Crippen LogP contribution in [0.3, 0.4) is 0 Å². The standard InChI is InChI=1S/C19H23ClN4O2/c20-14-6-3-5-13(10-14)18-23-17(26-24-18)8-9-21-19(25)16-11-12-4-1-2-7-15(12)22-16/h3,5-6,10,12,15-16,22H,1-2,4,7-9,11H2,(H,21,25). The monoisotopic (exact) mass is 374 g/mol. The van der Waals surface area contributed by atoms with Crippen LogP contribution < -0.4 is 10.6 Å². The van der Waals surface area contributed by atoms with Crippen LogP contribution in [0.1, 0.15) is 38.0 Å². The van der Waals surface area contributed by atoms with E-state index in [1.165, 1.54) is 25.7 Å². The van der Waals surface area contributed by atoms with E-state index in [1.54, 1.807) is 12.1 Å². The summed E-state index contributed by atoms with van der Waals surface area (Å²) in [5, 5.41) is 11.1. The second-order valence-corrected chi connectivity index (χ2v) is 7.61. The van der Waals surface area contributed by atoms with Gasteiger partial charge in [-0.1, -0.05) is 41.7 Å². The minimum atomic E-state index is -0.0622. The number of carbonyl (C=O) groups is 1. The SMILES string of the molecule is O=C(NCCc1nc(-c2cccc(Cl)c2)no1)C1CC2CCCCC2N1. The van der Waals surface area contributed by atoms with Crippen molar-refractivity contribution in [2.24, 2.45) is 5.92 Å². The molecule has 2 fully saturated rings. The molecule has 26 heavy (non-hydrogen) atoms. The normalized spacial score (nSPS) is 25.0. The molecule has 4 rings (SSSR count). The molecule has 0 radical (unpaired) electrons. The summed E-state index contributed by atoms with van der Waals surface area (Å²) in [5.41, 5.74) is 0.814. The fourth-order valence-electron chi connectivity index (χ4n) is 4.04. The first-order chi connectivity index (χ1) is 12.7. The number of nitrogens with one attached hydrogen (secondary N) is 2. The second-order valence-electron chi connectivity index (χ2n) is 7.17. The molecule has 2 aliphatic rings. The minimum absolute atomic E-state index is 0.0622. The lowest BCUT2D eigenvalue weighted by Crippen LogP contribution is -2.43. The average molecular weight is 375 g/mol. The molecule has 1 aliphatic carbocycles. The number of hydrogen-bond donors (Lipinski definition) is 2.